The van der Waals surface area contributed by atoms with Crippen LogP contribution < -0.4 is 16.0 Å². The number of piperazine rings is 1. The van der Waals surface area contributed by atoms with Gasteiger partial charge in [0.25, 0.3) is 0 Å². The summed E-state index contributed by atoms with van der Waals surface area (Å²) in [5.41, 5.74) is 9.01. The van der Waals surface area contributed by atoms with Crippen LogP contribution in [0, 0.1) is 0 Å². The molecule has 0 aromatic heterocycles. The smallest absolute Gasteiger partial charge is 0.0367 e. The first-order valence-electron chi connectivity index (χ1n) is 7.10. The summed E-state index contributed by atoms with van der Waals surface area (Å²) in [6.45, 7) is 5.23. The first-order chi connectivity index (χ1) is 8.84. The van der Waals surface area contributed by atoms with E-state index in [1.54, 1.807) is 0 Å². The van der Waals surface area contributed by atoms with E-state index in [-0.39, 0.29) is 0 Å². The van der Waals surface area contributed by atoms with Gasteiger partial charge in [0.1, 0.15) is 0 Å². The molecule has 0 spiro atoms. The molecule has 18 heavy (non-hydrogen) atoms. The highest BCUT2D eigenvalue weighted by atomic mass is 15.2. The van der Waals surface area contributed by atoms with Crippen LogP contribution in [-0.4, -0.2) is 32.7 Å². The first-order valence-corrected chi connectivity index (χ1v) is 7.10. The molecule has 3 rings (SSSR count). The Bertz CT molecular complexity index is 389. The van der Waals surface area contributed by atoms with Gasteiger partial charge >= 0.3 is 0 Å². The molecule has 98 valence electrons. The molecule has 3 heteroatoms. The Labute approximate surface area is 109 Å². The Balaban J connectivity index is 1.72. The van der Waals surface area contributed by atoms with Crippen molar-refractivity contribution >= 4 is 5.69 Å². The second-order valence-corrected chi connectivity index (χ2v) is 5.60. The van der Waals surface area contributed by atoms with Crippen molar-refractivity contribution in [3.63, 3.8) is 0 Å². The summed E-state index contributed by atoms with van der Waals surface area (Å²) in [5.74, 6) is 0. The monoisotopic (exact) mass is 245 g/mol. The zero-order valence-electron chi connectivity index (χ0n) is 11.0. The first kappa shape index (κ1) is 12.0. The van der Waals surface area contributed by atoms with E-state index < -0.39 is 0 Å². The van der Waals surface area contributed by atoms with E-state index in [4.69, 9.17) is 5.73 Å². The normalized spacial score (nSPS) is 21.9. The molecule has 2 fully saturated rings. The van der Waals surface area contributed by atoms with Gasteiger partial charge in [-0.15, -0.1) is 0 Å². The number of rotatable bonds is 4. The van der Waals surface area contributed by atoms with Gasteiger partial charge in [-0.05, 0) is 48.9 Å². The van der Waals surface area contributed by atoms with Crippen LogP contribution in [0.25, 0.3) is 0 Å². The van der Waals surface area contributed by atoms with Gasteiger partial charge in [0.15, 0.2) is 0 Å². The number of hydrogen-bond acceptors (Lipinski definition) is 3. The number of nitrogens with one attached hydrogen (secondary N) is 1. The minimum atomic E-state index is 0.427. The minimum Gasteiger partial charge on any atom is -0.369 e. The third-order valence-electron chi connectivity index (χ3n) is 4.44. The second-order valence-electron chi connectivity index (χ2n) is 5.60. The SMILES string of the molecule is NCCC1(c2ccc(N3CCNCC3)cc2)CC1. The maximum absolute atomic E-state index is 5.72. The molecular formula is C15H23N3. The molecular weight excluding hydrogens is 222 g/mol. The quantitative estimate of drug-likeness (QED) is 0.844. The van der Waals surface area contributed by atoms with Crippen LogP contribution in [0.2, 0.25) is 0 Å². The van der Waals surface area contributed by atoms with E-state index in [9.17, 15) is 0 Å². The summed E-state index contributed by atoms with van der Waals surface area (Å²) in [7, 11) is 0. The van der Waals surface area contributed by atoms with Crippen LogP contribution >= 0.6 is 0 Å². The number of nitrogens with two attached hydrogens (primary N) is 1. The van der Waals surface area contributed by atoms with Crippen LogP contribution in [0.3, 0.4) is 0 Å². The molecule has 0 bridgehead atoms. The van der Waals surface area contributed by atoms with Gasteiger partial charge in [0.05, 0.1) is 0 Å². The van der Waals surface area contributed by atoms with Crippen LogP contribution in [0.5, 0.6) is 0 Å². The number of anilines is 1. The molecule has 0 amide bonds. The van der Waals surface area contributed by atoms with E-state index in [0.29, 0.717) is 5.41 Å². The second kappa shape index (κ2) is 4.90. The van der Waals surface area contributed by atoms with E-state index in [1.165, 1.54) is 24.1 Å². The lowest BCUT2D eigenvalue weighted by atomic mass is 9.92. The lowest BCUT2D eigenvalue weighted by Crippen LogP contribution is -2.43. The van der Waals surface area contributed by atoms with Gasteiger partial charge in [0.2, 0.25) is 0 Å². The highest BCUT2D eigenvalue weighted by Crippen LogP contribution is 2.50. The molecule has 0 radical (unpaired) electrons. The number of hydrogen-bond donors (Lipinski definition) is 2. The molecule has 1 saturated heterocycles. The van der Waals surface area contributed by atoms with E-state index >= 15 is 0 Å². The Morgan fingerprint density at radius 2 is 1.78 bits per heavy atom. The Kier molecular flexibility index (Phi) is 3.27. The average molecular weight is 245 g/mol. The molecule has 3 nitrogen and oxygen atoms in total. The molecule has 0 unspecified atom stereocenters. The summed E-state index contributed by atoms with van der Waals surface area (Å²) < 4.78 is 0. The van der Waals surface area contributed by atoms with Gasteiger partial charge in [-0.2, -0.15) is 0 Å². The number of benzene rings is 1. The Morgan fingerprint density at radius 1 is 1.11 bits per heavy atom. The summed E-state index contributed by atoms with van der Waals surface area (Å²) in [6, 6.07) is 9.22. The fourth-order valence-corrected chi connectivity index (χ4v) is 3.06. The zero-order chi connectivity index (χ0) is 12.4. The zero-order valence-corrected chi connectivity index (χ0v) is 11.0. The van der Waals surface area contributed by atoms with Gasteiger partial charge in [-0.3, -0.25) is 0 Å². The van der Waals surface area contributed by atoms with E-state index in [2.05, 4.69) is 34.5 Å². The molecule has 3 N–H and O–H groups in total. The molecule has 1 aliphatic carbocycles. The predicted octanol–water partition coefficient (Wildman–Crippen LogP) is 1.48. The van der Waals surface area contributed by atoms with Gasteiger partial charge in [0, 0.05) is 31.9 Å². The maximum atomic E-state index is 5.72. The van der Waals surface area contributed by atoms with Crippen LogP contribution in [-0.2, 0) is 5.41 Å². The van der Waals surface area contributed by atoms with Crippen LogP contribution in [0.4, 0.5) is 5.69 Å². The molecule has 1 aromatic carbocycles. The Morgan fingerprint density at radius 3 is 2.33 bits per heavy atom. The lowest BCUT2D eigenvalue weighted by molar-refractivity contribution is 0.588. The highest BCUT2D eigenvalue weighted by Gasteiger charge is 2.43. The largest absolute Gasteiger partial charge is 0.369 e. The predicted molar refractivity (Wildman–Crippen MR) is 76.1 cm³/mol. The summed E-state index contributed by atoms with van der Waals surface area (Å²) in [4.78, 5) is 2.46. The average Bonchev–Trinajstić information content (AvgIpc) is 3.21. The maximum Gasteiger partial charge on any atom is 0.0367 e. The van der Waals surface area contributed by atoms with E-state index in [0.717, 1.165) is 39.1 Å². The van der Waals surface area contributed by atoms with Gasteiger partial charge in [-0.1, -0.05) is 12.1 Å². The third kappa shape index (κ3) is 2.25. The van der Waals surface area contributed by atoms with Crippen molar-refractivity contribution < 1.29 is 0 Å². The molecule has 1 aromatic rings. The van der Waals surface area contributed by atoms with Crippen LogP contribution in [0.15, 0.2) is 24.3 Å². The minimum absolute atomic E-state index is 0.427. The van der Waals surface area contributed by atoms with E-state index in [1.807, 2.05) is 0 Å². The summed E-state index contributed by atoms with van der Waals surface area (Å²) in [5, 5.41) is 3.39. The van der Waals surface area contributed by atoms with Gasteiger partial charge < -0.3 is 16.0 Å². The van der Waals surface area contributed by atoms with Crippen molar-refractivity contribution in [2.45, 2.75) is 24.7 Å². The van der Waals surface area contributed by atoms with Crippen molar-refractivity contribution in [2.24, 2.45) is 5.73 Å². The molecule has 0 atom stereocenters. The summed E-state index contributed by atoms with van der Waals surface area (Å²) in [6.07, 6.45) is 3.77. The van der Waals surface area contributed by atoms with Crippen molar-refractivity contribution in [1.82, 2.24) is 5.32 Å². The van der Waals surface area contributed by atoms with Crippen molar-refractivity contribution in [3.8, 4) is 0 Å². The van der Waals surface area contributed by atoms with Crippen molar-refractivity contribution in [2.75, 3.05) is 37.6 Å². The highest BCUT2D eigenvalue weighted by molar-refractivity contribution is 5.50. The van der Waals surface area contributed by atoms with Crippen molar-refractivity contribution in [3.05, 3.63) is 29.8 Å². The fourth-order valence-electron chi connectivity index (χ4n) is 3.06. The van der Waals surface area contributed by atoms with Crippen LogP contribution in [0.1, 0.15) is 24.8 Å². The fraction of sp³-hybridized carbons (Fsp3) is 0.600. The topological polar surface area (TPSA) is 41.3 Å². The van der Waals surface area contributed by atoms with Gasteiger partial charge in [-0.25, -0.2) is 0 Å². The standard InChI is InChI=1S/C15H23N3/c16-8-7-15(5-6-15)13-1-3-14(4-2-13)18-11-9-17-10-12-18/h1-4,17H,5-12,16H2. The third-order valence-corrected chi connectivity index (χ3v) is 4.44. The molecule has 1 saturated carbocycles. The number of nitrogens with zero attached hydrogens (tertiary/aromatic N) is 1. The Hall–Kier alpha value is -1.06. The molecule has 1 aliphatic heterocycles. The molecule has 1 heterocycles. The van der Waals surface area contributed by atoms with Crippen molar-refractivity contribution in [1.29, 1.82) is 0 Å². The lowest BCUT2D eigenvalue weighted by Gasteiger charge is -2.29. The summed E-state index contributed by atoms with van der Waals surface area (Å²) >= 11 is 0. The molecule has 2 aliphatic rings.